The summed E-state index contributed by atoms with van der Waals surface area (Å²) in [5.41, 5.74) is 5.61. The summed E-state index contributed by atoms with van der Waals surface area (Å²) >= 11 is 0. The Hall–Kier alpha value is -1.85. The van der Waals surface area contributed by atoms with Crippen LogP contribution in [0.4, 0.5) is 4.79 Å². The summed E-state index contributed by atoms with van der Waals surface area (Å²) in [5, 5.41) is 6.49. The lowest BCUT2D eigenvalue weighted by Crippen LogP contribution is -2.48. The number of nitrogens with zero attached hydrogens (tertiary/aromatic N) is 2. The fraction of sp³-hybridized carbons (Fsp3) is 0.871. The second-order valence-electron chi connectivity index (χ2n) is 12.0. The summed E-state index contributed by atoms with van der Waals surface area (Å²) in [6.07, 6.45) is 21.1. The average molecular weight is 617 g/mol. The second kappa shape index (κ2) is 22.7. The van der Waals surface area contributed by atoms with E-state index in [4.69, 9.17) is 19.7 Å². The molecular weight excluding hydrogens is 556 g/mol. The Labute approximate surface area is 255 Å². The fourth-order valence-electron chi connectivity index (χ4n) is 4.92. The van der Waals surface area contributed by atoms with Gasteiger partial charge in [-0.15, -0.1) is 0 Å². The summed E-state index contributed by atoms with van der Waals surface area (Å²) in [4.78, 5) is 12.3. The molecule has 1 unspecified atom stereocenters. The van der Waals surface area contributed by atoms with Crippen LogP contribution in [0.5, 0.6) is 5.88 Å². The van der Waals surface area contributed by atoms with Crippen molar-refractivity contribution in [3.63, 3.8) is 0 Å². The van der Waals surface area contributed by atoms with E-state index in [1.54, 1.807) is 13.8 Å². The maximum absolute atomic E-state index is 13.1. The highest BCUT2D eigenvalue weighted by Gasteiger charge is 2.38. The lowest BCUT2D eigenvalue weighted by molar-refractivity contribution is 0.0691. The van der Waals surface area contributed by atoms with Gasteiger partial charge < -0.3 is 25.0 Å². The topological polar surface area (TPSA) is 137 Å². The van der Waals surface area contributed by atoms with Crippen molar-refractivity contribution in [2.45, 2.75) is 141 Å². The molecule has 0 radical (unpaired) electrons. The Balaban J connectivity index is 2.19. The molecule has 1 atom stereocenters. The van der Waals surface area contributed by atoms with Crippen LogP contribution in [-0.4, -0.2) is 68.1 Å². The van der Waals surface area contributed by atoms with Crippen molar-refractivity contribution in [1.29, 1.82) is 0 Å². The summed E-state index contributed by atoms with van der Waals surface area (Å²) in [5.74, 6) is 0.184. The van der Waals surface area contributed by atoms with E-state index < -0.39 is 27.0 Å². The molecule has 11 heteroatoms. The van der Waals surface area contributed by atoms with Crippen molar-refractivity contribution in [2.24, 2.45) is 5.73 Å². The maximum atomic E-state index is 13.1. The highest BCUT2D eigenvalue weighted by atomic mass is 32.2. The number of hydrogen-bond donors (Lipinski definition) is 2. The Morgan fingerprint density at radius 2 is 1.50 bits per heavy atom. The SMILES string of the molecule is CCCCCCCCCCCCCCCCCCNC(=O)OCC(CN(C)S(=O)(=O)C(C)(C)CCN)Oc1ccon1. The third-order valence-corrected chi connectivity index (χ3v) is 10.3. The molecule has 3 N–H and O–H groups in total. The first-order valence-electron chi connectivity index (χ1n) is 16.3. The van der Waals surface area contributed by atoms with Gasteiger partial charge in [-0.25, -0.2) is 17.5 Å². The molecule has 0 aliphatic heterocycles. The Bertz CT molecular complexity index is 895. The van der Waals surface area contributed by atoms with Gasteiger partial charge in [0.2, 0.25) is 10.0 Å². The van der Waals surface area contributed by atoms with E-state index in [0.29, 0.717) is 13.0 Å². The predicted molar refractivity (Wildman–Crippen MR) is 169 cm³/mol. The van der Waals surface area contributed by atoms with Crippen LogP contribution in [0.25, 0.3) is 0 Å². The number of amides is 1. The summed E-state index contributed by atoms with van der Waals surface area (Å²) in [6.45, 7) is 6.16. The maximum Gasteiger partial charge on any atom is 0.407 e. The minimum Gasteiger partial charge on any atom is -0.467 e. The molecule has 1 rings (SSSR count). The van der Waals surface area contributed by atoms with Crippen molar-refractivity contribution >= 4 is 16.1 Å². The quantitative estimate of drug-likeness (QED) is 0.103. The number of unbranched alkanes of at least 4 members (excludes halogenated alkanes) is 15. The standard InChI is InChI=1S/C31H60N4O6S/c1-5-6-7-8-9-10-11-12-13-14-15-16-17-18-19-20-24-33-30(36)39-27-28(41-29-21-25-40-34-29)26-35(4)42(37,38)31(2,3)22-23-32/h21,25,28H,5-20,22-24,26-27,32H2,1-4H3,(H,33,36). The molecule has 0 saturated heterocycles. The molecule has 1 aromatic heterocycles. The number of sulfonamides is 1. The van der Waals surface area contributed by atoms with Gasteiger partial charge >= 0.3 is 6.09 Å². The number of nitrogens with one attached hydrogen (secondary N) is 1. The smallest absolute Gasteiger partial charge is 0.407 e. The molecule has 0 spiro atoms. The molecule has 0 bridgehead atoms. The van der Waals surface area contributed by atoms with Gasteiger partial charge in [0.05, 0.1) is 11.3 Å². The molecule has 0 aromatic carbocycles. The first-order chi connectivity index (χ1) is 20.1. The summed E-state index contributed by atoms with van der Waals surface area (Å²) < 4.78 is 42.2. The van der Waals surface area contributed by atoms with Gasteiger partial charge in [-0.05, 0) is 38.4 Å². The molecule has 0 saturated carbocycles. The average Bonchev–Trinajstić information content (AvgIpc) is 3.46. The predicted octanol–water partition coefficient (Wildman–Crippen LogP) is 6.80. The number of likely N-dealkylation sites (N-methyl/N-ethyl adjacent to an activating group) is 1. The van der Waals surface area contributed by atoms with E-state index in [1.165, 1.54) is 114 Å². The number of hydrogen-bond acceptors (Lipinski definition) is 8. The molecule has 1 heterocycles. The number of ether oxygens (including phenoxy) is 2. The lowest BCUT2D eigenvalue weighted by Gasteiger charge is -2.31. The molecule has 0 aliphatic carbocycles. The van der Waals surface area contributed by atoms with Crippen molar-refractivity contribution in [3.05, 3.63) is 12.3 Å². The third kappa shape index (κ3) is 16.7. The molecule has 10 nitrogen and oxygen atoms in total. The molecule has 42 heavy (non-hydrogen) atoms. The monoisotopic (exact) mass is 616 g/mol. The normalized spacial score (nSPS) is 12.9. The second-order valence-corrected chi connectivity index (χ2v) is 14.7. The Morgan fingerprint density at radius 1 is 0.976 bits per heavy atom. The van der Waals surface area contributed by atoms with Gasteiger partial charge in [0.1, 0.15) is 19.0 Å². The van der Waals surface area contributed by atoms with Crippen LogP contribution in [0.15, 0.2) is 16.9 Å². The zero-order valence-corrected chi connectivity index (χ0v) is 27.7. The largest absolute Gasteiger partial charge is 0.467 e. The van der Waals surface area contributed by atoms with E-state index in [2.05, 4.69) is 17.4 Å². The van der Waals surface area contributed by atoms with Gasteiger partial charge in [0, 0.05) is 19.7 Å². The molecule has 246 valence electrons. The highest BCUT2D eigenvalue weighted by molar-refractivity contribution is 7.90. The molecule has 0 fully saturated rings. The summed E-state index contributed by atoms with van der Waals surface area (Å²) in [7, 11) is -2.20. The minimum absolute atomic E-state index is 0.0321. The van der Waals surface area contributed by atoms with Crippen LogP contribution >= 0.6 is 0 Å². The van der Waals surface area contributed by atoms with E-state index >= 15 is 0 Å². The van der Waals surface area contributed by atoms with E-state index in [1.807, 2.05) is 0 Å². The summed E-state index contributed by atoms with van der Waals surface area (Å²) in [6, 6.07) is 1.51. The van der Waals surface area contributed by atoms with Crippen LogP contribution in [0, 0.1) is 0 Å². The van der Waals surface area contributed by atoms with E-state index in [-0.39, 0.29) is 25.6 Å². The zero-order valence-electron chi connectivity index (χ0n) is 26.9. The van der Waals surface area contributed by atoms with Crippen molar-refractivity contribution in [3.8, 4) is 5.88 Å². The van der Waals surface area contributed by atoms with Gasteiger partial charge in [-0.2, -0.15) is 0 Å². The Kier molecular flexibility index (Phi) is 20.6. The number of rotatable bonds is 27. The van der Waals surface area contributed by atoms with Gasteiger partial charge in [-0.3, -0.25) is 0 Å². The molecular formula is C31H60N4O6S. The first kappa shape index (κ1) is 38.2. The van der Waals surface area contributed by atoms with Gasteiger partial charge in [0.25, 0.3) is 5.88 Å². The third-order valence-electron chi connectivity index (χ3n) is 7.72. The minimum atomic E-state index is -3.68. The van der Waals surface area contributed by atoms with E-state index in [9.17, 15) is 13.2 Å². The van der Waals surface area contributed by atoms with Crippen LogP contribution in [0.2, 0.25) is 0 Å². The van der Waals surface area contributed by atoms with Crippen LogP contribution in [0.3, 0.4) is 0 Å². The number of aromatic nitrogens is 1. The number of carbonyl (C=O) groups excluding carboxylic acids is 1. The van der Waals surface area contributed by atoms with Crippen molar-refractivity contribution in [1.82, 2.24) is 14.8 Å². The van der Waals surface area contributed by atoms with Crippen molar-refractivity contribution < 1.29 is 27.2 Å². The van der Waals surface area contributed by atoms with E-state index in [0.717, 1.165) is 12.8 Å². The molecule has 0 aliphatic rings. The van der Waals surface area contributed by atoms with Crippen LogP contribution < -0.4 is 15.8 Å². The van der Waals surface area contributed by atoms with Crippen LogP contribution in [-0.2, 0) is 14.8 Å². The Morgan fingerprint density at radius 3 is 1.98 bits per heavy atom. The van der Waals surface area contributed by atoms with Gasteiger partial charge in [0.15, 0.2) is 0 Å². The molecule has 1 amide bonds. The lowest BCUT2D eigenvalue weighted by atomic mass is 10.0. The number of nitrogens with two attached hydrogens (primary N) is 1. The number of alkyl carbamates (subject to hydrolysis) is 1. The highest BCUT2D eigenvalue weighted by Crippen LogP contribution is 2.24. The van der Waals surface area contributed by atoms with Crippen molar-refractivity contribution in [2.75, 3.05) is 33.3 Å². The first-order valence-corrected chi connectivity index (χ1v) is 17.7. The molecule has 1 aromatic rings. The van der Waals surface area contributed by atoms with Crippen LogP contribution in [0.1, 0.15) is 130 Å². The fourth-order valence-corrected chi connectivity index (χ4v) is 6.51. The van der Waals surface area contributed by atoms with Gasteiger partial charge in [-0.1, -0.05) is 103 Å². The number of carbonyl (C=O) groups is 1. The zero-order chi connectivity index (χ0) is 31.1.